The zero-order valence-electron chi connectivity index (χ0n) is 15.7. The Labute approximate surface area is 162 Å². The highest BCUT2D eigenvalue weighted by Crippen LogP contribution is 2.43. The van der Waals surface area contributed by atoms with Gasteiger partial charge in [0.15, 0.2) is 0 Å². The molecular weight excluding hydrogens is 358 g/mol. The lowest BCUT2D eigenvalue weighted by atomic mass is 9.96. The van der Waals surface area contributed by atoms with Gasteiger partial charge < -0.3 is 19.5 Å². The summed E-state index contributed by atoms with van der Waals surface area (Å²) in [6.45, 7) is 0.844. The second-order valence-corrected chi connectivity index (χ2v) is 6.58. The number of carbonyl (C=O) groups is 1. The van der Waals surface area contributed by atoms with Crippen LogP contribution in [0.2, 0.25) is 0 Å². The van der Waals surface area contributed by atoms with Crippen LogP contribution in [-0.4, -0.2) is 53.5 Å². The van der Waals surface area contributed by atoms with Crippen LogP contribution in [-0.2, 0) is 4.74 Å². The third-order valence-corrected chi connectivity index (χ3v) is 4.95. The molecule has 1 unspecified atom stereocenters. The number of rotatable bonds is 6. The van der Waals surface area contributed by atoms with E-state index in [-0.39, 0.29) is 17.7 Å². The van der Waals surface area contributed by atoms with Crippen LogP contribution in [0.25, 0.3) is 11.3 Å². The van der Waals surface area contributed by atoms with Gasteiger partial charge in [-0.05, 0) is 42.0 Å². The summed E-state index contributed by atoms with van der Waals surface area (Å²) >= 11 is 0. The first kappa shape index (κ1) is 18.1. The number of ether oxygens (including phenoxy) is 2. The Bertz CT molecular complexity index is 997. The second-order valence-electron chi connectivity index (χ2n) is 6.58. The monoisotopic (exact) mass is 379 g/mol. The number of benzene rings is 2. The molecule has 0 bridgehead atoms. The number of aromatic hydroxyl groups is 1. The molecule has 28 heavy (non-hydrogen) atoms. The Hall–Kier alpha value is -3.32. The standard InChI is InChI=1S/C21H21N3O4/c1-27-11-10-24-20(14-4-3-5-15(25)12-14)17-18(22-23-19(17)21(24)26)13-6-8-16(28-2)9-7-13/h3-9,12,20,25H,10-11H2,1-2H3,(H,22,23). The quantitative estimate of drug-likeness (QED) is 0.687. The Balaban J connectivity index is 1.84. The topological polar surface area (TPSA) is 87.7 Å². The summed E-state index contributed by atoms with van der Waals surface area (Å²) in [6.07, 6.45) is 0. The van der Waals surface area contributed by atoms with Crippen molar-refractivity contribution in [3.8, 4) is 22.8 Å². The van der Waals surface area contributed by atoms with Crippen molar-refractivity contribution in [2.75, 3.05) is 27.4 Å². The van der Waals surface area contributed by atoms with Crippen LogP contribution in [0.1, 0.15) is 27.7 Å². The predicted molar refractivity (Wildman–Crippen MR) is 103 cm³/mol. The zero-order chi connectivity index (χ0) is 19.7. The van der Waals surface area contributed by atoms with Crippen LogP contribution in [0, 0.1) is 0 Å². The number of aromatic nitrogens is 2. The van der Waals surface area contributed by atoms with E-state index >= 15 is 0 Å². The van der Waals surface area contributed by atoms with E-state index in [2.05, 4.69) is 10.2 Å². The van der Waals surface area contributed by atoms with E-state index in [1.165, 1.54) is 0 Å². The fraction of sp³-hybridized carbons (Fsp3) is 0.238. The van der Waals surface area contributed by atoms with Crippen LogP contribution < -0.4 is 4.74 Å². The molecule has 0 saturated heterocycles. The molecular formula is C21H21N3O4. The third-order valence-electron chi connectivity index (χ3n) is 4.95. The Morgan fingerprint density at radius 2 is 1.96 bits per heavy atom. The van der Waals surface area contributed by atoms with Crippen molar-refractivity contribution < 1.29 is 19.4 Å². The number of phenols is 1. The predicted octanol–water partition coefficient (Wildman–Crippen LogP) is 2.98. The van der Waals surface area contributed by atoms with Crippen LogP contribution in [0.5, 0.6) is 11.5 Å². The van der Waals surface area contributed by atoms with E-state index < -0.39 is 0 Å². The maximum atomic E-state index is 13.0. The van der Waals surface area contributed by atoms with Gasteiger partial charge in [-0.15, -0.1) is 0 Å². The molecule has 1 aromatic heterocycles. The molecule has 144 valence electrons. The fourth-order valence-corrected chi connectivity index (χ4v) is 3.63. The molecule has 2 N–H and O–H groups in total. The molecule has 0 saturated carbocycles. The molecule has 1 atom stereocenters. The molecule has 2 heterocycles. The Morgan fingerprint density at radius 1 is 1.18 bits per heavy atom. The first-order valence-corrected chi connectivity index (χ1v) is 8.95. The number of methoxy groups -OCH3 is 2. The van der Waals surface area contributed by atoms with Crippen LogP contribution in [0.4, 0.5) is 0 Å². The minimum atomic E-state index is -0.361. The molecule has 4 rings (SSSR count). The maximum Gasteiger partial charge on any atom is 0.273 e. The van der Waals surface area contributed by atoms with Crippen molar-refractivity contribution in [1.82, 2.24) is 15.1 Å². The van der Waals surface area contributed by atoms with E-state index in [0.717, 1.165) is 22.4 Å². The van der Waals surface area contributed by atoms with Crippen LogP contribution in [0.3, 0.4) is 0 Å². The van der Waals surface area contributed by atoms with Gasteiger partial charge in [-0.3, -0.25) is 9.89 Å². The van der Waals surface area contributed by atoms with Crippen molar-refractivity contribution in [2.24, 2.45) is 0 Å². The molecule has 3 aromatic rings. The van der Waals surface area contributed by atoms with Crippen LogP contribution in [0.15, 0.2) is 48.5 Å². The van der Waals surface area contributed by atoms with Gasteiger partial charge in [0, 0.05) is 24.8 Å². The highest BCUT2D eigenvalue weighted by atomic mass is 16.5. The van der Waals surface area contributed by atoms with Crippen molar-refractivity contribution in [3.05, 3.63) is 65.4 Å². The summed E-state index contributed by atoms with van der Waals surface area (Å²) in [5.74, 6) is 0.769. The van der Waals surface area contributed by atoms with Crippen molar-refractivity contribution in [2.45, 2.75) is 6.04 Å². The molecule has 2 aromatic carbocycles. The third kappa shape index (κ3) is 2.99. The molecule has 0 spiro atoms. The van der Waals surface area contributed by atoms with Gasteiger partial charge in [-0.25, -0.2) is 0 Å². The van der Waals surface area contributed by atoms with Gasteiger partial charge in [0.1, 0.15) is 17.2 Å². The summed E-state index contributed by atoms with van der Waals surface area (Å²) < 4.78 is 10.4. The number of amides is 1. The SMILES string of the molecule is COCCN1C(=O)c2[nH]nc(-c3ccc(OC)cc3)c2C1c1cccc(O)c1. The number of phenolic OH excluding ortho intramolecular Hbond substituents is 1. The second kappa shape index (κ2) is 7.36. The average molecular weight is 379 g/mol. The van der Waals surface area contributed by atoms with Gasteiger partial charge in [0.05, 0.1) is 25.5 Å². The minimum absolute atomic E-state index is 0.132. The van der Waals surface area contributed by atoms with E-state index in [0.29, 0.717) is 24.5 Å². The fourth-order valence-electron chi connectivity index (χ4n) is 3.63. The highest BCUT2D eigenvalue weighted by Gasteiger charge is 2.42. The number of hydrogen-bond acceptors (Lipinski definition) is 5. The van der Waals surface area contributed by atoms with Crippen molar-refractivity contribution in [3.63, 3.8) is 0 Å². The first-order valence-electron chi connectivity index (χ1n) is 8.95. The number of nitrogens with zero attached hydrogens (tertiary/aromatic N) is 2. The molecule has 0 aliphatic carbocycles. The van der Waals surface area contributed by atoms with Crippen molar-refractivity contribution >= 4 is 5.91 Å². The van der Waals surface area contributed by atoms with E-state index in [1.807, 2.05) is 30.3 Å². The number of H-pyrrole nitrogens is 1. The summed E-state index contributed by atoms with van der Waals surface area (Å²) in [7, 11) is 3.22. The maximum absolute atomic E-state index is 13.0. The van der Waals surface area contributed by atoms with E-state index in [9.17, 15) is 9.90 Å². The normalized spacial score (nSPS) is 15.7. The summed E-state index contributed by atoms with van der Waals surface area (Å²) in [5, 5.41) is 17.3. The highest BCUT2D eigenvalue weighted by molar-refractivity contribution is 6.00. The van der Waals surface area contributed by atoms with Gasteiger partial charge in [-0.1, -0.05) is 12.1 Å². The summed E-state index contributed by atoms with van der Waals surface area (Å²) in [4.78, 5) is 14.8. The molecule has 0 radical (unpaired) electrons. The van der Waals surface area contributed by atoms with Gasteiger partial charge in [0.2, 0.25) is 0 Å². The summed E-state index contributed by atoms with van der Waals surface area (Å²) in [5.41, 5.74) is 3.68. The largest absolute Gasteiger partial charge is 0.508 e. The molecule has 7 nitrogen and oxygen atoms in total. The lowest BCUT2D eigenvalue weighted by molar-refractivity contribution is 0.0677. The summed E-state index contributed by atoms with van der Waals surface area (Å²) in [6, 6.07) is 14.2. The minimum Gasteiger partial charge on any atom is -0.508 e. The number of fused-ring (bicyclic) bond motifs is 1. The average Bonchev–Trinajstić information content (AvgIpc) is 3.25. The van der Waals surface area contributed by atoms with Crippen LogP contribution >= 0.6 is 0 Å². The molecule has 7 heteroatoms. The van der Waals surface area contributed by atoms with E-state index in [4.69, 9.17) is 9.47 Å². The molecule has 0 fully saturated rings. The number of hydrogen-bond donors (Lipinski definition) is 2. The molecule has 1 amide bonds. The molecule has 1 aliphatic rings. The number of carbonyl (C=O) groups excluding carboxylic acids is 1. The zero-order valence-corrected chi connectivity index (χ0v) is 15.7. The first-order chi connectivity index (χ1) is 13.6. The van der Waals surface area contributed by atoms with Gasteiger partial charge in [0.25, 0.3) is 5.91 Å². The number of nitrogens with one attached hydrogen (secondary N) is 1. The Kier molecular flexibility index (Phi) is 4.75. The van der Waals surface area contributed by atoms with Gasteiger partial charge in [-0.2, -0.15) is 5.10 Å². The van der Waals surface area contributed by atoms with Crippen molar-refractivity contribution in [1.29, 1.82) is 0 Å². The smallest absolute Gasteiger partial charge is 0.273 e. The van der Waals surface area contributed by atoms with Gasteiger partial charge >= 0.3 is 0 Å². The molecule has 1 aliphatic heterocycles. The lowest BCUT2D eigenvalue weighted by Gasteiger charge is -2.26. The Morgan fingerprint density at radius 3 is 2.64 bits per heavy atom. The lowest BCUT2D eigenvalue weighted by Crippen LogP contribution is -2.32. The number of aromatic amines is 1. The van der Waals surface area contributed by atoms with E-state index in [1.54, 1.807) is 37.3 Å².